The summed E-state index contributed by atoms with van der Waals surface area (Å²) in [7, 11) is -3.49. The fourth-order valence-corrected chi connectivity index (χ4v) is 4.36. The molecule has 2 aromatic rings. The van der Waals surface area contributed by atoms with Gasteiger partial charge in [-0.2, -0.15) is 0 Å². The van der Waals surface area contributed by atoms with Gasteiger partial charge in [-0.3, -0.25) is 4.98 Å². The Bertz CT molecular complexity index is 694. The highest BCUT2D eigenvalue weighted by atomic mass is 32.2. The Morgan fingerprint density at radius 3 is 2.81 bits per heavy atom. The fraction of sp³-hybridized carbons (Fsp3) is 0.357. The molecule has 3 rings (SSSR count). The maximum atomic E-state index is 12.4. The molecular weight excluding hydrogens is 306 g/mol. The van der Waals surface area contributed by atoms with Gasteiger partial charge in [-0.15, -0.1) is 11.3 Å². The van der Waals surface area contributed by atoms with Crippen LogP contribution in [-0.2, 0) is 23.1 Å². The maximum absolute atomic E-state index is 12.4. The summed E-state index contributed by atoms with van der Waals surface area (Å²) in [5.74, 6) is 0. The minimum Gasteiger partial charge on any atom is -0.309 e. The van der Waals surface area contributed by atoms with Crippen molar-refractivity contribution >= 4 is 21.4 Å². The second-order valence-electron chi connectivity index (χ2n) is 5.01. The monoisotopic (exact) mass is 323 g/mol. The zero-order valence-corrected chi connectivity index (χ0v) is 13.1. The van der Waals surface area contributed by atoms with Crippen LogP contribution in [0.15, 0.2) is 40.7 Å². The van der Waals surface area contributed by atoms with Gasteiger partial charge in [-0.05, 0) is 36.4 Å². The summed E-state index contributed by atoms with van der Waals surface area (Å²) in [4.78, 5) is 5.35. The van der Waals surface area contributed by atoms with Crippen molar-refractivity contribution in [2.75, 3.05) is 0 Å². The molecule has 0 atom stereocenters. The molecule has 1 aliphatic carbocycles. The zero-order chi connectivity index (χ0) is 14.7. The molecule has 0 saturated heterocycles. The van der Waals surface area contributed by atoms with E-state index in [-0.39, 0.29) is 6.54 Å². The number of aromatic nitrogens is 1. The average Bonchev–Trinajstić information content (AvgIpc) is 3.20. The highest BCUT2D eigenvalue weighted by molar-refractivity contribution is 7.89. The molecule has 2 aromatic heterocycles. The third kappa shape index (κ3) is 3.88. The number of hydrogen-bond acceptors (Lipinski definition) is 5. The summed E-state index contributed by atoms with van der Waals surface area (Å²) in [6.07, 6.45) is 4.02. The van der Waals surface area contributed by atoms with Gasteiger partial charge < -0.3 is 5.32 Å². The normalized spacial score (nSPS) is 15.2. The molecule has 0 amide bonds. The minimum absolute atomic E-state index is 0.203. The van der Waals surface area contributed by atoms with Crippen LogP contribution in [0.4, 0.5) is 0 Å². The van der Waals surface area contributed by atoms with Gasteiger partial charge >= 0.3 is 0 Å². The molecule has 0 spiro atoms. The molecule has 1 aliphatic rings. The second kappa shape index (κ2) is 6.23. The van der Waals surface area contributed by atoms with E-state index in [1.807, 2.05) is 11.4 Å². The third-order valence-electron chi connectivity index (χ3n) is 3.29. The highest BCUT2D eigenvalue weighted by Crippen LogP contribution is 2.24. The lowest BCUT2D eigenvalue weighted by atomic mass is 10.4. The number of thiophene rings is 1. The topological polar surface area (TPSA) is 71.1 Å². The largest absolute Gasteiger partial charge is 0.309 e. The number of rotatable bonds is 7. The summed E-state index contributed by atoms with van der Waals surface area (Å²) in [6.45, 7) is 0.816. The Morgan fingerprint density at radius 2 is 2.10 bits per heavy atom. The first-order valence-electron chi connectivity index (χ1n) is 6.84. The molecule has 5 nitrogen and oxygen atoms in total. The van der Waals surface area contributed by atoms with E-state index in [1.165, 1.54) is 24.2 Å². The van der Waals surface area contributed by atoms with Gasteiger partial charge in [0.25, 0.3) is 0 Å². The van der Waals surface area contributed by atoms with Crippen LogP contribution in [0.1, 0.15) is 23.4 Å². The number of sulfonamides is 1. The SMILES string of the molecule is O=S(=O)(NCc1ccccn1)c1ccsc1CNC1CC1. The molecule has 0 radical (unpaired) electrons. The third-order valence-corrected chi connectivity index (χ3v) is 5.83. The quantitative estimate of drug-likeness (QED) is 0.816. The average molecular weight is 323 g/mol. The van der Waals surface area contributed by atoms with E-state index < -0.39 is 10.0 Å². The summed E-state index contributed by atoms with van der Waals surface area (Å²) >= 11 is 1.47. The first-order valence-corrected chi connectivity index (χ1v) is 9.21. The molecule has 2 heterocycles. The van der Waals surface area contributed by atoms with Crippen LogP contribution in [0.2, 0.25) is 0 Å². The van der Waals surface area contributed by atoms with E-state index in [0.717, 1.165) is 4.88 Å². The summed E-state index contributed by atoms with van der Waals surface area (Å²) in [5.41, 5.74) is 0.703. The van der Waals surface area contributed by atoms with Crippen molar-refractivity contribution in [3.05, 3.63) is 46.4 Å². The Kier molecular flexibility index (Phi) is 4.34. The predicted molar refractivity (Wildman–Crippen MR) is 82.4 cm³/mol. The number of nitrogens with one attached hydrogen (secondary N) is 2. The maximum Gasteiger partial charge on any atom is 0.242 e. The molecule has 0 aromatic carbocycles. The molecule has 1 saturated carbocycles. The highest BCUT2D eigenvalue weighted by Gasteiger charge is 2.23. The Hall–Kier alpha value is -1.28. The van der Waals surface area contributed by atoms with Gasteiger partial charge in [-0.25, -0.2) is 13.1 Å². The number of nitrogens with zero attached hydrogens (tertiary/aromatic N) is 1. The molecule has 112 valence electrons. The van der Waals surface area contributed by atoms with E-state index in [2.05, 4.69) is 15.0 Å². The van der Waals surface area contributed by atoms with Crippen molar-refractivity contribution < 1.29 is 8.42 Å². The first-order chi connectivity index (χ1) is 10.1. The van der Waals surface area contributed by atoms with E-state index in [9.17, 15) is 8.42 Å². The van der Waals surface area contributed by atoms with E-state index in [1.54, 1.807) is 24.4 Å². The van der Waals surface area contributed by atoms with Crippen LogP contribution in [0.25, 0.3) is 0 Å². The molecule has 7 heteroatoms. The van der Waals surface area contributed by atoms with Crippen LogP contribution in [0.5, 0.6) is 0 Å². The van der Waals surface area contributed by atoms with Crippen LogP contribution in [-0.4, -0.2) is 19.4 Å². The lowest BCUT2D eigenvalue weighted by Gasteiger charge is -2.08. The van der Waals surface area contributed by atoms with Gasteiger partial charge in [-0.1, -0.05) is 6.07 Å². The Balaban J connectivity index is 1.67. The number of pyridine rings is 1. The molecule has 0 bridgehead atoms. The summed E-state index contributed by atoms with van der Waals surface area (Å²) in [6, 6.07) is 7.66. The molecule has 0 unspecified atom stereocenters. The van der Waals surface area contributed by atoms with Crippen molar-refractivity contribution in [2.45, 2.75) is 36.9 Å². The van der Waals surface area contributed by atoms with E-state index in [4.69, 9.17) is 0 Å². The van der Waals surface area contributed by atoms with E-state index in [0.29, 0.717) is 23.2 Å². The zero-order valence-electron chi connectivity index (χ0n) is 11.5. The Morgan fingerprint density at radius 1 is 1.24 bits per heavy atom. The standard InChI is InChI=1S/C14H17N3O2S2/c18-21(19,17-9-12-3-1-2-7-15-12)14-6-8-20-13(14)10-16-11-4-5-11/h1-3,6-8,11,16-17H,4-5,9-10H2. The van der Waals surface area contributed by atoms with Crippen LogP contribution in [0.3, 0.4) is 0 Å². The van der Waals surface area contributed by atoms with Gasteiger partial charge in [0.2, 0.25) is 10.0 Å². The molecular formula is C14H17N3O2S2. The van der Waals surface area contributed by atoms with Crippen molar-refractivity contribution in [3.8, 4) is 0 Å². The summed E-state index contributed by atoms with van der Waals surface area (Å²) < 4.78 is 27.4. The van der Waals surface area contributed by atoms with Crippen molar-refractivity contribution in [2.24, 2.45) is 0 Å². The van der Waals surface area contributed by atoms with Gasteiger partial charge in [0.05, 0.1) is 17.1 Å². The van der Waals surface area contributed by atoms with Crippen LogP contribution in [0, 0.1) is 0 Å². The van der Waals surface area contributed by atoms with Gasteiger partial charge in [0.15, 0.2) is 0 Å². The lowest BCUT2D eigenvalue weighted by molar-refractivity contribution is 0.578. The fourth-order valence-electron chi connectivity index (χ4n) is 1.97. The molecule has 21 heavy (non-hydrogen) atoms. The van der Waals surface area contributed by atoms with Crippen LogP contribution >= 0.6 is 11.3 Å². The van der Waals surface area contributed by atoms with Crippen molar-refractivity contribution in [1.29, 1.82) is 0 Å². The van der Waals surface area contributed by atoms with Gasteiger partial charge in [0, 0.05) is 23.7 Å². The minimum atomic E-state index is -3.49. The number of hydrogen-bond donors (Lipinski definition) is 2. The lowest BCUT2D eigenvalue weighted by Crippen LogP contribution is -2.25. The van der Waals surface area contributed by atoms with Crippen LogP contribution < -0.4 is 10.0 Å². The second-order valence-corrected chi connectivity index (χ2v) is 7.74. The van der Waals surface area contributed by atoms with Crippen molar-refractivity contribution in [1.82, 2.24) is 15.0 Å². The molecule has 2 N–H and O–H groups in total. The predicted octanol–water partition coefficient (Wildman–Crippen LogP) is 1.87. The summed E-state index contributed by atoms with van der Waals surface area (Å²) in [5, 5.41) is 5.17. The van der Waals surface area contributed by atoms with E-state index >= 15 is 0 Å². The molecule has 0 aliphatic heterocycles. The Labute approximate surface area is 128 Å². The van der Waals surface area contributed by atoms with Crippen molar-refractivity contribution in [3.63, 3.8) is 0 Å². The molecule has 1 fully saturated rings. The smallest absolute Gasteiger partial charge is 0.242 e. The first kappa shape index (κ1) is 14.6. The van der Waals surface area contributed by atoms with Gasteiger partial charge in [0.1, 0.15) is 0 Å².